The lowest BCUT2D eigenvalue weighted by molar-refractivity contribution is 0.0945. The van der Waals surface area contributed by atoms with E-state index in [2.05, 4.69) is 10.7 Å². The van der Waals surface area contributed by atoms with Gasteiger partial charge in [0, 0.05) is 22.9 Å². The van der Waals surface area contributed by atoms with Gasteiger partial charge in [0.2, 0.25) is 0 Å². The van der Waals surface area contributed by atoms with E-state index in [0.29, 0.717) is 18.0 Å². The molecular formula is C27H21Cl2N3O5S. The Morgan fingerprint density at radius 3 is 2.18 bits per heavy atom. The molecule has 4 aromatic carbocycles. The Labute approximate surface area is 229 Å². The van der Waals surface area contributed by atoms with Gasteiger partial charge in [-0.05, 0) is 54.1 Å². The van der Waals surface area contributed by atoms with Crippen molar-refractivity contribution in [2.45, 2.75) is 11.5 Å². The monoisotopic (exact) mass is 569 g/mol. The van der Waals surface area contributed by atoms with Crippen LogP contribution in [0.3, 0.4) is 0 Å². The second-order valence-corrected chi connectivity index (χ2v) is 10.5. The number of benzene rings is 4. The molecule has 0 saturated heterocycles. The smallest absolute Gasteiger partial charge is 0.266 e. The van der Waals surface area contributed by atoms with E-state index in [-0.39, 0.29) is 26.1 Å². The van der Waals surface area contributed by atoms with Crippen LogP contribution in [0.2, 0.25) is 10.0 Å². The quantitative estimate of drug-likeness (QED) is 0.232. The molecule has 0 unspecified atom stereocenters. The average molecular weight is 570 g/mol. The summed E-state index contributed by atoms with van der Waals surface area (Å²) < 4.78 is 30.7. The fourth-order valence-electron chi connectivity index (χ4n) is 3.30. The Balaban J connectivity index is 1.38. The lowest BCUT2D eigenvalue weighted by atomic mass is 10.1. The first-order chi connectivity index (χ1) is 18.2. The minimum atomic E-state index is -4.11. The van der Waals surface area contributed by atoms with Gasteiger partial charge in [0.25, 0.3) is 21.8 Å². The van der Waals surface area contributed by atoms with E-state index in [0.717, 1.165) is 11.6 Å². The van der Waals surface area contributed by atoms with Gasteiger partial charge in [-0.25, -0.2) is 8.42 Å². The number of sulfonamides is 1. The van der Waals surface area contributed by atoms with Crippen LogP contribution in [-0.4, -0.2) is 20.2 Å². The molecular weight excluding hydrogens is 549 g/mol. The van der Waals surface area contributed by atoms with Gasteiger partial charge < -0.3 is 10.1 Å². The van der Waals surface area contributed by atoms with Crippen molar-refractivity contribution in [3.63, 3.8) is 0 Å². The summed E-state index contributed by atoms with van der Waals surface area (Å²) in [5, 5.41) is 3.00. The van der Waals surface area contributed by atoms with Crippen molar-refractivity contribution in [1.82, 2.24) is 10.3 Å². The van der Waals surface area contributed by atoms with Crippen LogP contribution in [0.15, 0.2) is 102 Å². The molecule has 0 heterocycles. The van der Waals surface area contributed by atoms with Crippen molar-refractivity contribution in [1.29, 1.82) is 0 Å². The van der Waals surface area contributed by atoms with Crippen LogP contribution in [0.5, 0.6) is 5.75 Å². The third-order valence-corrected chi connectivity index (χ3v) is 7.21. The van der Waals surface area contributed by atoms with Gasteiger partial charge in [-0.15, -0.1) is 4.83 Å². The van der Waals surface area contributed by atoms with Crippen molar-refractivity contribution in [2.24, 2.45) is 0 Å². The lowest BCUT2D eigenvalue weighted by Gasteiger charge is -2.11. The summed E-state index contributed by atoms with van der Waals surface area (Å²) in [5.74, 6) is -0.648. The number of anilines is 1. The molecule has 38 heavy (non-hydrogen) atoms. The molecule has 3 N–H and O–H groups in total. The Morgan fingerprint density at radius 1 is 0.737 bits per heavy atom. The molecule has 0 aliphatic heterocycles. The fraction of sp³-hybridized carbons (Fsp3) is 0.0370. The molecule has 11 heteroatoms. The zero-order valence-corrected chi connectivity index (χ0v) is 22.0. The molecule has 0 fully saturated rings. The molecule has 8 nitrogen and oxygen atoms in total. The van der Waals surface area contributed by atoms with Crippen LogP contribution >= 0.6 is 23.2 Å². The van der Waals surface area contributed by atoms with E-state index < -0.39 is 21.8 Å². The van der Waals surface area contributed by atoms with Gasteiger partial charge in [-0.3, -0.25) is 15.0 Å². The number of nitrogens with one attached hydrogen (secondary N) is 3. The van der Waals surface area contributed by atoms with Crippen LogP contribution in [0.4, 0.5) is 5.69 Å². The first kappa shape index (κ1) is 27.2. The van der Waals surface area contributed by atoms with Crippen molar-refractivity contribution in [3.05, 3.63) is 124 Å². The summed E-state index contributed by atoms with van der Waals surface area (Å²) in [4.78, 5) is 27.2. The third kappa shape index (κ3) is 7.11. The van der Waals surface area contributed by atoms with Gasteiger partial charge in [0.15, 0.2) is 0 Å². The predicted octanol–water partition coefficient (Wildman–Crippen LogP) is 5.45. The summed E-state index contributed by atoms with van der Waals surface area (Å²) in [6.07, 6.45) is 0. The molecule has 0 aliphatic carbocycles. The molecule has 4 aromatic rings. The highest BCUT2D eigenvalue weighted by molar-refractivity contribution is 7.89. The zero-order chi connectivity index (χ0) is 27.1. The summed E-state index contributed by atoms with van der Waals surface area (Å²) in [6, 6.07) is 26.2. The minimum absolute atomic E-state index is 0.0490. The number of hydrogen-bond acceptors (Lipinski definition) is 5. The van der Waals surface area contributed by atoms with Gasteiger partial charge in [-0.1, -0.05) is 65.7 Å². The molecule has 194 valence electrons. The first-order valence-corrected chi connectivity index (χ1v) is 13.4. The zero-order valence-electron chi connectivity index (χ0n) is 19.7. The number of hydrogen-bond donors (Lipinski definition) is 3. The summed E-state index contributed by atoms with van der Waals surface area (Å²) in [5.41, 5.74) is 3.90. The highest BCUT2D eigenvalue weighted by Gasteiger charge is 2.18. The highest BCUT2D eigenvalue weighted by atomic mass is 35.5. The van der Waals surface area contributed by atoms with E-state index in [1.165, 1.54) is 36.4 Å². The normalized spacial score (nSPS) is 11.0. The molecule has 2 amide bonds. The second kappa shape index (κ2) is 12.1. The van der Waals surface area contributed by atoms with Crippen LogP contribution < -0.4 is 20.3 Å². The van der Waals surface area contributed by atoms with Crippen LogP contribution in [-0.2, 0) is 16.6 Å². The maximum absolute atomic E-state index is 12.8. The SMILES string of the molecule is O=C(NNS(=O)(=O)c1ccc(Cl)c(Cl)c1)c1cccc(C(=O)Nc2cccc(OCc3ccccc3)c2)c1. The number of hydrazine groups is 1. The molecule has 0 atom stereocenters. The summed E-state index contributed by atoms with van der Waals surface area (Å²) in [6.45, 7) is 0.379. The van der Waals surface area contributed by atoms with E-state index in [1.807, 2.05) is 35.2 Å². The molecule has 0 spiro atoms. The Morgan fingerprint density at radius 2 is 1.45 bits per heavy atom. The molecule has 0 aromatic heterocycles. The number of halogens is 2. The van der Waals surface area contributed by atoms with Crippen LogP contribution in [0.25, 0.3) is 0 Å². The van der Waals surface area contributed by atoms with Gasteiger partial charge in [0.1, 0.15) is 12.4 Å². The number of carbonyl (C=O) groups is 2. The van der Waals surface area contributed by atoms with Crippen LogP contribution in [0.1, 0.15) is 26.3 Å². The summed E-state index contributed by atoms with van der Waals surface area (Å²) >= 11 is 11.7. The predicted molar refractivity (Wildman–Crippen MR) is 146 cm³/mol. The van der Waals surface area contributed by atoms with Crippen LogP contribution in [0, 0.1) is 0 Å². The number of ether oxygens (including phenoxy) is 1. The number of carbonyl (C=O) groups excluding carboxylic acids is 2. The number of amides is 2. The highest BCUT2D eigenvalue weighted by Crippen LogP contribution is 2.24. The Hall–Kier alpha value is -3.89. The topological polar surface area (TPSA) is 114 Å². The number of rotatable bonds is 9. The maximum atomic E-state index is 12.8. The first-order valence-electron chi connectivity index (χ1n) is 11.2. The molecule has 4 rings (SSSR count). The molecule has 0 radical (unpaired) electrons. The van der Waals surface area contributed by atoms with Crippen molar-refractivity contribution in [2.75, 3.05) is 5.32 Å². The van der Waals surface area contributed by atoms with E-state index in [4.69, 9.17) is 27.9 Å². The van der Waals surface area contributed by atoms with Crippen molar-refractivity contribution >= 4 is 50.7 Å². The lowest BCUT2D eigenvalue weighted by Crippen LogP contribution is -2.41. The fourth-order valence-corrected chi connectivity index (χ4v) is 4.53. The van der Waals surface area contributed by atoms with Gasteiger partial charge >= 0.3 is 0 Å². The Bertz CT molecular complexity index is 1580. The second-order valence-electron chi connectivity index (χ2n) is 7.97. The van der Waals surface area contributed by atoms with Crippen molar-refractivity contribution in [3.8, 4) is 5.75 Å². The van der Waals surface area contributed by atoms with E-state index >= 15 is 0 Å². The largest absolute Gasteiger partial charge is 0.489 e. The average Bonchev–Trinajstić information content (AvgIpc) is 2.93. The van der Waals surface area contributed by atoms with E-state index in [9.17, 15) is 18.0 Å². The molecule has 0 saturated carbocycles. The molecule has 0 aliphatic rings. The van der Waals surface area contributed by atoms with Gasteiger partial charge in [0.05, 0.1) is 14.9 Å². The Kier molecular flexibility index (Phi) is 8.65. The summed E-state index contributed by atoms with van der Waals surface area (Å²) in [7, 11) is -4.11. The standard InChI is InChI=1S/C27H21Cl2N3O5S/c28-24-13-12-23(16-25(24)29)38(35,36)32-31-27(34)20-9-4-8-19(14-20)26(33)30-21-10-5-11-22(15-21)37-17-18-6-2-1-3-7-18/h1-16,32H,17H2,(H,30,33)(H,31,34). The van der Waals surface area contributed by atoms with Gasteiger partial charge in [-0.2, -0.15) is 0 Å². The minimum Gasteiger partial charge on any atom is -0.489 e. The third-order valence-electron chi connectivity index (χ3n) is 5.23. The maximum Gasteiger partial charge on any atom is 0.266 e. The van der Waals surface area contributed by atoms with E-state index in [1.54, 1.807) is 24.3 Å². The van der Waals surface area contributed by atoms with Crippen molar-refractivity contribution < 1.29 is 22.7 Å². The molecule has 0 bridgehead atoms.